The Hall–Kier alpha value is -0.610. The van der Waals surface area contributed by atoms with E-state index in [1.165, 1.54) is 64.2 Å². The van der Waals surface area contributed by atoms with Crippen molar-refractivity contribution in [3.63, 3.8) is 0 Å². The van der Waals surface area contributed by atoms with Gasteiger partial charge in [-0.25, -0.2) is 0 Å². The molecule has 5 atom stereocenters. The Morgan fingerprint density at radius 3 is 1.58 bits per heavy atom. The number of aliphatic hydroxyl groups excluding tert-OH is 4. The second kappa shape index (κ2) is 17.8. The van der Waals surface area contributed by atoms with Crippen molar-refractivity contribution in [3.8, 4) is 0 Å². The van der Waals surface area contributed by atoms with Crippen LogP contribution in [0.4, 0.5) is 0 Å². The maximum atomic E-state index is 12.3. The van der Waals surface area contributed by atoms with Crippen molar-refractivity contribution in [2.75, 3.05) is 13.2 Å². The molecule has 196 valence electrons. The molecule has 0 aromatic rings. The minimum absolute atomic E-state index is 0.207. The van der Waals surface area contributed by atoms with Crippen LogP contribution < -0.4 is 5.73 Å². The van der Waals surface area contributed by atoms with Crippen LogP contribution in [0.3, 0.4) is 0 Å². The molecule has 8 nitrogen and oxygen atoms in total. The van der Waals surface area contributed by atoms with Gasteiger partial charge in [-0.2, -0.15) is 0 Å². The van der Waals surface area contributed by atoms with Gasteiger partial charge in [-0.05, 0) is 12.8 Å². The van der Waals surface area contributed by atoms with Crippen LogP contribution in [0, 0.1) is 0 Å². The zero-order valence-corrected chi connectivity index (χ0v) is 20.4. The maximum absolute atomic E-state index is 12.3. The fourth-order valence-electron chi connectivity index (χ4n) is 4.52. The van der Waals surface area contributed by atoms with Crippen LogP contribution in [-0.2, 0) is 9.53 Å². The van der Waals surface area contributed by atoms with Crippen molar-refractivity contribution in [1.29, 1.82) is 0 Å². The molecule has 8 heteroatoms. The molecule has 1 fully saturated rings. The summed E-state index contributed by atoms with van der Waals surface area (Å²) in [5.41, 5.74) is 5.78. The Labute approximate surface area is 199 Å². The van der Waals surface area contributed by atoms with Gasteiger partial charge >= 0.3 is 0 Å². The molecule has 1 rings (SSSR count). The average molecular weight is 476 g/mol. The van der Waals surface area contributed by atoms with Crippen LogP contribution >= 0.6 is 0 Å². The first-order valence-electron chi connectivity index (χ1n) is 13.1. The number of carbonyl (C=O) groups excluding carboxylic acids is 1. The lowest BCUT2D eigenvalue weighted by atomic mass is 9.87. The highest BCUT2D eigenvalue weighted by Gasteiger charge is 2.52. The second-order valence-corrected chi connectivity index (χ2v) is 9.68. The van der Waals surface area contributed by atoms with Gasteiger partial charge in [0.1, 0.15) is 24.1 Å². The number of nitrogens with two attached hydrogens (primary N) is 1. The smallest absolute Gasteiger partial charge is 0.191 e. The molecule has 1 aliphatic heterocycles. The van der Waals surface area contributed by atoms with Gasteiger partial charge in [-0.3, -0.25) is 4.79 Å². The second-order valence-electron chi connectivity index (χ2n) is 9.68. The molecule has 1 aliphatic rings. The van der Waals surface area contributed by atoms with Crippen molar-refractivity contribution in [2.45, 2.75) is 139 Å². The number of unbranched alkanes of at least 4 members (excludes halogenated alkanes) is 14. The number of aliphatic hydroxyl groups is 5. The Morgan fingerprint density at radius 1 is 0.727 bits per heavy atom. The average Bonchev–Trinajstić information content (AvgIpc) is 2.80. The standard InChI is InChI=1S/C25H49NO7/c26-24-23(31)22(30)21(19-28)33-25(24,32)18-20(29)16-14-12-10-8-6-4-2-1-3-5-7-9-11-13-15-17-27/h21-24,27-28,30-32H,1-19,26H2/t21-,22-,23+,24-,25?/m1/s1. The molecule has 1 heterocycles. The summed E-state index contributed by atoms with van der Waals surface area (Å²) in [5, 5.41) is 48.4. The predicted molar refractivity (Wildman–Crippen MR) is 127 cm³/mol. The van der Waals surface area contributed by atoms with Crippen molar-refractivity contribution in [1.82, 2.24) is 0 Å². The van der Waals surface area contributed by atoms with Crippen LogP contribution in [-0.4, -0.2) is 74.7 Å². The molecule has 0 radical (unpaired) electrons. The number of rotatable bonds is 20. The number of hydrogen-bond donors (Lipinski definition) is 6. The molecule has 0 saturated carbocycles. The Bertz CT molecular complexity index is 505. The summed E-state index contributed by atoms with van der Waals surface area (Å²) in [6.45, 7) is -0.272. The van der Waals surface area contributed by atoms with Gasteiger partial charge in [0, 0.05) is 13.0 Å². The molecule has 33 heavy (non-hydrogen) atoms. The van der Waals surface area contributed by atoms with Gasteiger partial charge in [0.15, 0.2) is 5.79 Å². The summed E-state index contributed by atoms with van der Waals surface area (Å²) < 4.78 is 5.26. The summed E-state index contributed by atoms with van der Waals surface area (Å²) in [6, 6.07) is -1.32. The van der Waals surface area contributed by atoms with Crippen LogP contribution in [0.15, 0.2) is 0 Å². The molecule has 7 N–H and O–H groups in total. The van der Waals surface area contributed by atoms with Gasteiger partial charge in [0.2, 0.25) is 0 Å². The molecular weight excluding hydrogens is 426 g/mol. The number of hydrogen-bond acceptors (Lipinski definition) is 8. The van der Waals surface area contributed by atoms with Crippen molar-refractivity contribution < 1.29 is 35.1 Å². The van der Waals surface area contributed by atoms with E-state index in [0.717, 1.165) is 32.1 Å². The number of ketones is 1. The van der Waals surface area contributed by atoms with E-state index >= 15 is 0 Å². The summed E-state index contributed by atoms with van der Waals surface area (Å²) in [4.78, 5) is 12.3. The fraction of sp³-hybridized carbons (Fsp3) is 0.960. The van der Waals surface area contributed by atoms with Crippen molar-refractivity contribution in [2.24, 2.45) is 5.73 Å². The predicted octanol–water partition coefficient (Wildman–Crippen LogP) is 2.31. The van der Waals surface area contributed by atoms with E-state index in [-0.39, 0.29) is 12.2 Å². The van der Waals surface area contributed by atoms with E-state index in [1.54, 1.807) is 0 Å². The largest absolute Gasteiger partial charge is 0.396 e. The van der Waals surface area contributed by atoms with Crippen molar-refractivity contribution >= 4 is 5.78 Å². The molecular formula is C25H49NO7. The Morgan fingerprint density at radius 2 is 1.15 bits per heavy atom. The monoisotopic (exact) mass is 475 g/mol. The van der Waals surface area contributed by atoms with E-state index in [9.17, 15) is 25.2 Å². The van der Waals surface area contributed by atoms with E-state index in [0.29, 0.717) is 13.0 Å². The minimum Gasteiger partial charge on any atom is -0.396 e. The molecule has 0 amide bonds. The topological polar surface area (TPSA) is 153 Å². The first kappa shape index (κ1) is 30.4. The zero-order valence-electron chi connectivity index (χ0n) is 20.4. The molecule has 0 bridgehead atoms. The third-order valence-electron chi connectivity index (χ3n) is 6.72. The number of ether oxygens (including phenoxy) is 1. The van der Waals surface area contributed by atoms with Gasteiger partial charge in [0.05, 0.1) is 19.1 Å². The van der Waals surface area contributed by atoms with Gasteiger partial charge in [-0.1, -0.05) is 83.5 Å². The first-order valence-corrected chi connectivity index (χ1v) is 13.1. The Balaban J connectivity index is 2.00. The lowest BCUT2D eigenvalue weighted by molar-refractivity contribution is -0.313. The van der Waals surface area contributed by atoms with Gasteiger partial charge in [-0.15, -0.1) is 0 Å². The molecule has 0 spiro atoms. The van der Waals surface area contributed by atoms with E-state index in [4.69, 9.17) is 15.6 Å². The van der Waals surface area contributed by atoms with Gasteiger partial charge in [0.25, 0.3) is 0 Å². The van der Waals surface area contributed by atoms with Crippen LogP contribution in [0.5, 0.6) is 0 Å². The highest BCUT2D eigenvalue weighted by Crippen LogP contribution is 2.30. The number of carbonyl (C=O) groups is 1. The van der Waals surface area contributed by atoms with Crippen LogP contribution in [0.2, 0.25) is 0 Å². The van der Waals surface area contributed by atoms with Crippen molar-refractivity contribution in [3.05, 3.63) is 0 Å². The third kappa shape index (κ3) is 12.1. The molecule has 0 aromatic heterocycles. The van der Waals surface area contributed by atoms with Gasteiger partial charge < -0.3 is 36.0 Å². The summed E-state index contributed by atoms with van der Waals surface area (Å²) >= 11 is 0. The quantitative estimate of drug-likeness (QED) is 0.147. The highest BCUT2D eigenvalue weighted by atomic mass is 16.6. The summed E-state index contributed by atoms with van der Waals surface area (Å²) in [5.74, 6) is -2.29. The minimum atomic E-state index is -2.08. The normalized spacial score (nSPS) is 27.7. The van der Waals surface area contributed by atoms with E-state index in [2.05, 4.69) is 0 Å². The van der Waals surface area contributed by atoms with Crippen LogP contribution in [0.25, 0.3) is 0 Å². The molecule has 0 aliphatic carbocycles. The summed E-state index contributed by atoms with van der Waals surface area (Å²) in [6.07, 6.45) is 13.4. The summed E-state index contributed by atoms with van der Waals surface area (Å²) in [7, 11) is 0. The number of Topliss-reactive ketones (excluding diaryl/α,β-unsaturated/α-hetero) is 1. The fourth-order valence-corrected chi connectivity index (χ4v) is 4.52. The van der Waals surface area contributed by atoms with Crippen LogP contribution in [0.1, 0.15) is 109 Å². The maximum Gasteiger partial charge on any atom is 0.191 e. The zero-order chi connectivity index (χ0) is 24.5. The molecule has 1 unspecified atom stereocenters. The lowest BCUT2D eigenvalue weighted by Gasteiger charge is -2.46. The Kier molecular flexibility index (Phi) is 16.4. The highest BCUT2D eigenvalue weighted by molar-refractivity contribution is 5.79. The lowest BCUT2D eigenvalue weighted by Crippen LogP contribution is -2.68. The first-order chi connectivity index (χ1) is 15.9. The van der Waals surface area contributed by atoms with E-state index in [1.807, 2.05) is 0 Å². The SMILES string of the molecule is N[C@@H]1[C@@H](O)[C@H](O)[C@@H](CO)OC1(O)CC(=O)CCCCCCCCCCCCCCCCCO. The molecule has 0 aromatic carbocycles. The molecule has 1 saturated heterocycles. The van der Waals surface area contributed by atoms with E-state index < -0.39 is 36.7 Å². The third-order valence-corrected chi connectivity index (χ3v) is 6.72.